The first-order chi connectivity index (χ1) is 15.5. The Morgan fingerprint density at radius 2 is 1.55 bits per heavy atom. The highest BCUT2D eigenvalue weighted by Crippen LogP contribution is 2.05. The second-order valence-electron chi connectivity index (χ2n) is 7.14. The molecule has 2 rings (SSSR count). The van der Waals surface area contributed by atoms with Crippen molar-refractivity contribution < 1.29 is 44.0 Å². The van der Waals surface area contributed by atoms with Crippen molar-refractivity contribution in [3.05, 3.63) is 53.3 Å². The molecule has 2 amide bonds. The monoisotopic (exact) mass is 456 g/mol. The van der Waals surface area contributed by atoms with Gasteiger partial charge in [-0.15, -0.1) is 0 Å². The lowest BCUT2D eigenvalue weighted by Crippen LogP contribution is -2.40. The Kier molecular flexibility index (Phi) is 9.17. The Morgan fingerprint density at radius 1 is 0.939 bits per heavy atom. The van der Waals surface area contributed by atoms with Crippen LogP contribution in [0.4, 0.5) is 4.39 Å². The van der Waals surface area contributed by atoms with Gasteiger partial charge >= 0.3 is 20.2 Å². The highest BCUT2D eigenvalue weighted by molar-refractivity contribution is 6.59. The van der Waals surface area contributed by atoms with Crippen LogP contribution in [-0.4, -0.2) is 89.6 Å². The number of aliphatic carboxylic acids is 1. The highest BCUT2D eigenvalue weighted by atomic mass is 19.1. The molecule has 10 nitrogen and oxygen atoms in total. The highest BCUT2D eigenvalue weighted by Gasteiger charge is 2.21. The van der Waals surface area contributed by atoms with Gasteiger partial charge in [0.25, 0.3) is 11.8 Å². The first-order valence-corrected chi connectivity index (χ1v) is 9.70. The lowest BCUT2D eigenvalue weighted by atomic mass is 9.76. The van der Waals surface area contributed by atoms with Crippen LogP contribution in [0.3, 0.4) is 0 Å². The van der Waals surface area contributed by atoms with Gasteiger partial charge in [0.2, 0.25) is 0 Å². The summed E-state index contributed by atoms with van der Waals surface area (Å²) in [6, 6.07) is 6.59. The molecule has 2 aromatic rings. The lowest BCUT2D eigenvalue weighted by Gasteiger charge is -2.21. The number of carbonyl (C=O) groups excluding carboxylic acids is 2. The molecule has 0 saturated heterocycles. The van der Waals surface area contributed by atoms with Crippen molar-refractivity contribution in [1.82, 2.24) is 10.2 Å². The molecular weight excluding hydrogens is 436 g/mol. The topological polar surface area (TPSA) is 168 Å². The minimum absolute atomic E-state index is 0.00666. The summed E-state index contributed by atoms with van der Waals surface area (Å²) in [6.07, 6.45) is 0.132. The quantitative estimate of drug-likeness (QED) is 0.157. The minimum Gasteiger partial charge on any atom is -0.480 e. The normalized spacial score (nSPS) is 10.5. The number of nitrogens with zero attached hydrogens (tertiary/aromatic N) is 1. The van der Waals surface area contributed by atoms with E-state index in [1.54, 1.807) is 0 Å². The predicted octanol–water partition coefficient (Wildman–Crippen LogP) is -3.67. The number of carboxylic acid groups (broad SMARTS) is 1. The van der Waals surface area contributed by atoms with E-state index >= 15 is 0 Å². The van der Waals surface area contributed by atoms with Crippen molar-refractivity contribution in [2.75, 3.05) is 19.6 Å². The average molecular weight is 456 g/mol. The molecule has 0 fully saturated rings. The number of rotatable bonds is 10. The fraction of sp³-hybridized carbons (Fsp3) is 0.211. The Bertz CT molecular complexity index is 1040. The van der Waals surface area contributed by atoms with Gasteiger partial charge < -0.3 is 35.4 Å². The summed E-state index contributed by atoms with van der Waals surface area (Å²) in [7, 11) is 1.84. The van der Waals surface area contributed by atoms with Crippen LogP contribution in [0.25, 0.3) is 0 Å². The second kappa shape index (κ2) is 11.6. The van der Waals surface area contributed by atoms with Crippen molar-refractivity contribution in [1.29, 1.82) is 0 Å². The van der Waals surface area contributed by atoms with Crippen LogP contribution in [0.2, 0.25) is 0 Å². The van der Waals surface area contributed by atoms with E-state index in [9.17, 15) is 28.8 Å². The third kappa shape index (κ3) is 7.72. The molecule has 0 aliphatic heterocycles. The number of amides is 2. The van der Waals surface area contributed by atoms with Crippen molar-refractivity contribution in [3.63, 3.8) is 0 Å². The summed E-state index contributed by atoms with van der Waals surface area (Å²) in [5, 5.41) is 48.5. The standard InChI is InChI=1S/C19H20B3FN2O8/c20-13-4-12(6-14(8-13)21(30)31)19(29)25(10-17(26)27)3-1-2-24-18(28)11-5-15(22(32)33)9-16(23)7-11/h4-9,30-33H,1-3,10H2,(H,24,28)(H,26,27). The van der Waals surface area contributed by atoms with E-state index in [0.717, 1.165) is 23.1 Å². The van der Waals surface area contributed by atoms with Gasteiger partial charge in [-0.3, -0.25) is 14.4 Å². The molecule has 6 N–H and O–H groups in total. The molecule has 0 saturated carbocycles. The third-order valence-electron chi connectivity index (χ3n) is 4.51. The van der Waals surface area contributed by atoms with E-state index in [2.05, 4.69) is 5.32 Å². The smallest absolute Gasteiger partial charge is 0.480 e. The Labute approximate surface area is 190 Å². The summed E-state index contributed by atoms with van der Waals surface area (Å²) in [6.45, 7) is -0.742. The fourth-order valence-electron chi connectivity index (χ4n) is 3.01. The van der Waals surface area contributed by atoms with Gasteiger partial charge in [-0.25, -0.2) is 4.39 Å². The molecule has 0 heterocycles. The average Bonchev–Trinajstić information content (AvgIpc) is 2.73. The summed E-state index contributed by atoms with van der Waals surface area (Å²) in [5.74, 6) is -3.54. The molecule has 0 unspecified atom stereocenters. The SMILES string of the molecule is [B]c1cc(B(O)O)cc(C(=O)N(CCCNC(=O)c2cc(F)cc(B(O)O)c2)CC(=O)O)c1. The number of benzene rings is 2. The molecule has 0 aromatic heterocycles. The van der Waals surface area contributed by atoms with Crippen LogP contribution >= 0.6 is 0 Å². The molecule has 33 heavy (non-hydrogen) atoms. The number of hydrogen-bond acceptors (Lipinski definition) is 7. The maximum atomic E-state index is 13.6. The first-order valence-electron chi connectivity index (χ1n) is 9.70. The van der Waals surface area contributed by atoms with Crippen LogP contribution in [0.15, 0.2) is 36.4 Å². The maximum absolute atomic E-state index is 13.6. The number of nitrogens with one attached hydrogen (secondary N) is 1. The molecule has 2 radical (unpaired) electrons. The van der Waals surface area contributed by atoms with Gasteiger partial charge in [0.15, 0.2) is 0 Å². The second-order valence-corrected chi connectivity index (χ2v) is 7.14. The van der Waals surface area contributed by atoms with Gasteiger partial charge in [-0.05, 0) is 41.6 Å². The summed E-state index contributed by atoms with van der Waals surface area (Å²) in [4.78, 5) is 37.1. The van der Waals surface area contributed by atoms with E-state index < -0.39 is 44.4 Å². The third-order valence-corrected chi connectivity index (χ3v) is 4.51. The molecule has 0 bridgehead atoms. The van der Waals surface area contributed by atoms with E-state index in [0.29, 0.717) is 0 Å². The Hall–Kier alpha value is -3.19. The fourth-order valence-corrected chi connectivity index (χ4v) is 3.01. The van der Waals surface area contributed by atoms with E-state index in [-0.39, 0.29) is 47.0 Å². The van der Waals surface area contributed by atoms with Gasteiger partial charge in [0.1, 0.15) is 20.2 Å². The van der Waals surface area contributed by atoms with Crippen LogP contribution in [0.5, 0.6) is 0 Å². The van der Waals surface area contributed by atoms with Crippen molar-refractivity contribution in [2.45, 2.75) is 6.42 Å². The number of carbonyl (C=O) groups is 3. The predicted molar refractivity (Wildman–Crippen MR) is 118 cm³/mol. The number of halogens is 1. The van der Waals surface area contributed by atoms with E-state index in [1.165, 1.54) is 18.2 Å². The van der Waals surface area contributed by atoms with Crippen molar-refractivity contribution in [2.24, 2.45) is 0 Å². The zero-order valence-electron chi connectivity index (χ0n) is 17.3. The molecule has 0 aliphatic carbocycles. The Morgan fingerprint density at radius 3 is 2.15 bits per heavy atom. The first kappa shape index (κ1) is 26.1. The van der Waals surface area contributed by atoms with Gasteiger partial charge in [0, 0.05) is 24.2 Å². The van der Waals surface area contributed by atoms with Gasteiger partial charge in [-0.1, -0.05) is 17.6 Å². The van der Waals surface area contributed by atoms with Crippen molar-refractivity contribution >= 4 is 56.3 Å². The lowest BCUT2D eigenvalue weighted by molar-refractivity contribution is -0.137. The van der Waals surface area contributed by atoms with Crippen LogP contribution < -0.4 is 21.7 Å². The zero-order valence-corrected chi connectivity index (χ0v) is 17.3. The number of carboxylic acids is 1. The molecular formula is C19H20B3FN2O8. The summed E-state index contributed by atoms with van der Waals surface area (Å²) >= 11 is 0. The van der Waals surface area contributed by atoms with Gasteiger partial charge in [-0.2, -0.15) is 0 Å². The minimum atomic E-state index is -1.96. The summed E-state index contributed by atoms with van der Waals surface area (Å²) in [5.41, 5.74) is -0.352. The van der Waals surface area contributed by atoms with Crippen LogP contribution in [0, 0.1) is 5.82 Å². The van der Waals surface area contributed by atoms with Crippen LogP contribution in [-0.2, 0) is 4.79 Å². The summed E-state index contributed by atoms with van der Waals surface area (Å²) < 4.78 is 13.6. The molecule has 170 valence electrons. The molecule has 0 atom stereocenters. The molecule has 0 spiro atoms. The number of hydrogen-bond donors (Lipinski definition) is 6. The molecule has 2 aromatic carbocycles. The maximum Gasteiger partial charge on any atom is 0.488 e. The van der Waals surface area contributed by atoms with E-state index in [4.69, 9.17) is 23.0 Å². The van der Waals surface area contributed by atoms with E-state index in [1.807, 2.05) is 0 Å². The van der Waals surface area contributed by atoms with Gasteiger partial charge in [0.05, 0.1) is 0 Å². The zero-order chi connectivity index (χ0) is 24.7. The Balaban J connectivity index is 2.04. The van der Waals surface area contributed by atoms with Crippen molar-refractivity contribution in [3.8, 4) is 0 Å². The molecule has 14 heteroatoms. The van der Waals surface area contributed by atoms with Crippen LogP contribution in [0.1, 0.15) is 27.1 Å². The largest absolute Gasteiger partial charge is 0.488 e. The molecule has 0 aliphatic rings.